The SMILES string of the molecule is CCC1(OC(=O)OC(=O)[O-])C=CC=C1.CCC1(OC(=O)OC(=O)[O-])C=CC=C1.[Co+2]. The normalized spacial score (nSPS) is 16.1. The minimum Gasteiger partial charge on any atom is -0.453 e. The zero-order chi connectivity index (χ0) is 21.2. The van der Waals surface area contributed by atoms with Crippen molar-refractivity contribution in [1.82, 2.24) is 0 Å². The molecular formula is C18H18CoO10. The summed E-state index contributed by atoms with van der Waals surface area (Å²) in [5, 5.41) is 19.8. The van der Waals surface area contributed by atoms with Gasteiger partial charge in [0.05, 0.1) is 0 Å². The van der Waals surface area contributed by atoms with E-state index in [-0.39, 0.29) is 16.8 Å². The first kappa shape index (κ1) is 25.9. The minimum absolute atomic E-state index is 0. The van der Waals surface area contributed by atoms with E-state index in [1.807, 2.05) is 0 Å². The second-order valence-electron chi connectivity index (χ2n) is 5.46. The van der Waals surface area contributed by atoms with Crippen LogP contribution >= 0.6 is 0 Å². The summed E-state index contributed by atoms with van der Waals surface area (Å²) in [4.78, 5) is 41.5. The fourth-order valence-electron chi connectivity index (χ4n) is 2.22. The van der Waals surface area contributed by atoms with Crippen molar-refractivity contribution in [2.24, 2.45) is 0 Å². The Balaban J connectivity index is 0.000000523. The first-order chi connectivity index (χ1) is 13.2. The molecule has 0 aromatic rings. The average molecular weight is 453 g/mol. The van der Waals surface area contributed by atoms with Crippen molar-refractivity contribution in [3.63, 3.8) is 0 Å². The van der Waals surface area contributed by atoms with E-state index in [1.54, 1.807) is 62.5 Å². The molecule has 0 spiro atoms. The van der Waals surface area contributed by atoms with Gasteiger partial charge in [0.1, 0.15) is 0 Å². The maximum Gasteiger partial charge on any atom is 2.00 e. The van der Waals surface area contributed by atoms with E-state index in [1.165, 1.54) is 0 Å². The Morgan fingerprint density at radius 2 is 0.966 bits per heavy atom. The first-order valence-electron chi connectivity index (χ1n) is 8.13. The molecule has 0 amide bonds. The molecule has 0 bridgehead atoms. The summed E-state index contributed by atoms with van der Waals surface area (Å²) in [6, 6.07) is 0. The Kier molecular flexibility index (Phi) is 10.5. The van der Waals surface area contributed by atoms with Crippen LogP contribution < -0.4 is 10.2 Å². The molecular weight excluding hydrogens is 435 g/mol. The topological polar surface area (TPSA) is 151 Å². The Labute approximate surface area is 176 Å². The number of carboxylic acid groups (broad SMARTS) is 2. The number of carbonyl (C=O) groups excluding carboxylic acids is 4. The van der Waals surface area contributed by atoms with Crippen molar-refractivity contribution in [3.8, 4) is 0 Å². The van der Waals surface area contributed by atoms with Gasteiger partial charge in [-0.1, -0.05) is 38.2 Å². The molecule has 0 atom stereocenters. The van der Waals surface area contributed by atoms with Crippen LogP contribution in [0.2, 0.25) is 0 Å². The van der Waals surface area contributed by atoms with Gasteiger partial charge in [-0.3, -0.25) is 0 Å². The summed E-state index contributed by atoms with van der Waals surface area (Å²) in [5.74, 6) is 0. The van der Waals surface area contributed by atoms with Gasteiger partial charge >= 0.3 is 29.1 Å². The zero-order valence-corrected chi connectivity index (χ0v) is 16.5. The minimum atomic E-state index is -1.92. The maximum absolute atomic E-state index is 10.8. The molecule has 11 heteroatoms. The molecule has 29 heavy (non-hydrogen) atoms. The van der Waals surface area contributed by atoms with E-state index in [0.29, 0.717) is 12.8 Å². The van der Waals surface area contributed by atoms with Gasteiger partial charge in [-0.05, 0) is 37.1 Å². The van der Waals surface area contributed by atoms with Gasteiger partial charge in [-0.15, -0.1) is 0 Å². The Morgan fingerprint density at radius 3 is 1.17 bits per heavy atom. The van der Waals surface area contributed by atoms with Crippen LogP contribution in [0.5, 0.6) is 0 Å². The van der Waals surface area contributed by atoms with Gasteiger partial charge in [-0.25, -0.2) is 9.59 Å². The molecule has 0 aromatic carbocycles. The van der Waals surface area contributed by atoms with Gasteiger partial charge in [0.15, 0.2) is 11.2 Å². The number of rotatable bonds is 4. The Hall–Kier alpha value is -3.05. The number of allylic oxidation sites excluding steroid dienone is 4. The monoisotopic (exact) mass is 453 g/mol. The van der Waals surface area contributed by atoms with Crippen LogP contribution in [0.4, 0.5) is 19.2 Å². The maximum atomic E-state index is 10.8. The van der Waals surface area contributed by atoms with Crippen LogP contribution in [-0.4, -0.2) is 35.8 Å². The summed E-state index contributed by atoms with van der Waals surface area (Å²) in [6.07, 6.45) is 7.99. The molecule has 0 saturated heterocycles. The standard InChI is InChI=1S/2C9H10O5.Co/c2*1-2-9(5-3-4-6-9)14-8(12)13-7(10)11;/h2*3-6H,2H2,1H3,(H,10,11);/q;;+2/p-2. The summed E-state index contributed by atoms with van der Waals surface area (Å²) in [7, 11) is 0. The van der Waals surface area contributed by atoms with Crippen LogP contribution in [-0.2, 0) is 35.7 Å². The molecule has 2 rings (SSSR count). The zero-order valence-electron chi connectivity index (χ0n) is 15.4. The third-order valence-corrected chi connectivity index (χ3v) is 3.72. The molecule has 0 fully saturated rings. The largest absolute Gasteiger partial charge is 2.00 e. The summed E-state index contributed by atoms with van der Waals surface area (Å²) in [5.41, 5.74) is -1.76. The third-order valence-electron chi connectivity index (χ3n) is 3.72. The van der Waals surface area contributed by atoms with Crippen molar-refractivity contribution >= 4 is 24.6 Å². The van der Waals surface area contributed by atoms with E-state index in [2.05, 4.69) is 9.47 Å². The molecule has 0 aromatic heterocycles. The van der Waals surface area contributed by atoms with E-state index < -0.39 is 35.8 Å². The third kappa shape index (κ3) is 8.66. The van der Waals surface area contributed by atoms with E-state index in [0.717, 1.165) is 0 Å². The van der Waals surface area contributed by atoms with Gasteiger partial charge < -0.3 is 38.7 Å². The summed E-state index contributed by atoms with van der Waals surface area (Å²) < 4.78 is 17.0. The number of ether oxygens (including phenoxy) is 4. The van der Waals surface area contributed by atoms with Crippen molar-refractivity contribution in [2.45, 2.75) is 37.9 Å². The molecule has 0 N–H and O–H groups in total. The number of carbonyl (C=O) groups is 4. The molecule has 159 valence electrons. The van der Waals surface area contributed by atoms with E-state index in [4.69, 9.17) is 9.47 Å². The second kappa shape index (κ2) is 11.7. The molecule has 0 saturated carbocycles. The molecule has 10 nitrogen and oxygen atoms in total. The quantitative estimate of drug-likeness (QED) is 0.452. The van der Waals surface area contributed by atoms with Crippen LogP contribution in [0.15, 0.2) is 48.6 Å². The molecule has 1 radical (unpaired) electrons. The predicted octanol–water partition coefficient (Wildman–Crippen LogP) is 1.51. The Morgan fingerprint density at radius 1 is 0.690 bits per heavy atom. The average Bonchev–Trinajstić information content (AvgIpc) is 3.24. The van der Waals surface area contributed by atoms with Crippen molar-refractivity contribution in [3.05, 3.63) is 48.6 Å². The molecule has 0 heterocycles. The summed E-state index contributed by atoms with van der Waals surface area (Å²) in [6.45, 7) is 3.60. The molecule has 0 aliphatic heterocycles. The fourth-order valence-corrected chi connectivity index (χ4v) is 2.22. The summed E-state index contributed by atoms with van der Waals surface area (Å²) >= 11 is 0. The van der Waals surface area contributed by atoms with E-state index >= 15 is 0 Å². The molecule has 2 aliphatic rings. The fraction of sp³-hybridized carbons (Fsp3) is 0.333. The van der Waals surface area contributed by atoms with Gasteiger partial charge in [0.2, 0.25) is 0 Å². The van der Waals surface area contributed by atoms with Crippen LogP contribution in [0, 0.1) is 0 Å². The number of hydrogen-bond donors (Lipinski definition) is 0. The van der Waals surface area contributed by atoms with Crippen LogP contribution in [0.1, 0.15) is 26.7 Å². The smallest absolute Gasteiger partial charge is 0.453 e. The van der Waals surface area contributed by atoms with Gasteiger partial charge in [0, 0.05) is 0 Å². The van der Waals surface area contributed by atoms with Crippen molar-refractivity contribution < 1.29 is 65.1 Å². The van der Waals surface area contributed by atoms with Crippen molar-refractivity contribution in [2.75, 3.05) is 0 Å². The Bertz CT molecular complexity index is 649. The van der Waals surface area contributed by atoms with Crippen molar-refractivity contribution in [1.29, 1.82) is 0 Å². The van der Waals surface area contributed by atoms with Crippen LogP contribution in [0.25, 0.3) is 0 Å². The predicted molar refractivity (Wildman–Crippen MR) is 88.5 cm³/mol. The van der Waals surface area contributed by atoms with Crippen LogP contribution in [0.3, 0.4) is 0 Å². The van der Waals surface area contributed by atoms with Gasteiger partial charge in [0.25, 0.3) is 12.3 Å². The number of hydrogen-bond acceptors (Lipinski definition) is 10. The molecule has 0 unspecified atom stereocenters. The van der Waals surface area contributed by atoms with E-state index in [9.17, 15) is 29.4 Å². The first-order valence-corrected chi connectivity index (χ1v) is 8.13. The van der Waals surface area contributed by atoms with Gasteiger partial charge in [-0.2, -0.15) is 0 Å². The molecule has 2 aliphatic carbocycles. The second-order valence-corrected chi connectivity index (χ2v) is 5.46.